The fraction of sp³-hybridized carbons (Fsp3) is 0.0270. The second-order valence-corrected chi connectivity index (χ2v) is 10.6. The maximum absolute atomic E-state index is 5.07. The van der Waals surface area contributed by atoms with Crippen LogP contribution in [0.15, 0.2) is 122 Å². The van der Waals surface area contributed by atoms with E-state index in [0.29, 0.717) is 0 Å². The van der Waals surface area contributed by atoms with Gasteiger partial charge in [0.2, 0.25) is 5.69 Å². The number of pyridine rings is 2. The van der Waals surface area contributed by atoms with Gasteiger partial charge in [0, 0.05) is 40.6 Å². The molecule has 0 spiro atoms. The second-order valence-electron chi connectivity index (χ2n) is 10.6. The van der Waals surface area contributed by atoms with Crippen LogP contribution in [0.3, 0.4) is 0 Å². The van der Waals surface area contributed by atoms with Gasteiger partial charge in [0.25, 0.3) is 0 Å². The summed E-state index contributed by atoms with van der Waals surface area (Å²) in [5, 5.41) is 11.5. The number of hydrogen-bond donors (Lipinski definition) is 0. The highest BCUT2D eigenvalue weighted by Gasteiger charge is 2.27. The molecule has 1 aliphatic rings. The first-order valence-corrected chi connectivity index (χ1v) is 13.5. The van der Waals surface area contributed by atoms with Crippen LogP contribution >= 0.6 is 0 Å². The molecule has 0 saturated heterocycles. The van der Waals surface area contributed by atoms with Gasteiger partial charge in [0.05, 0.1) is 17.5 Å². The summed E-state index contributed by atoms with van der Waals surface area (Å²) in [6, 6.07) is 39.7. The Hall–Kier alpha value is -5.08. The SMILES string of the molecule is C(=C1\Cc2ccccc2-c2cccc[n+]21)/c1cccc2c3cccc4c5ccccc5c5ccnc(c12)c5c43. The molecule has 8 aromatic rings. The van der Waals surface area contributed by atoms with E-state index in [0.717, 1.165) is 11.9 Å². The zero-order valence-electron chi connectivity index (χ0n) is 21.2. The lowest BCUT2D eigenvalue weighted by atomic mass is 9.86. The predicted octanol–water partition coefficient (Wildman–Crippen LogP) is 8.79. The number of aromatic nitrogens is 2. The minimum atomic E-state index is 0.885. The van der Waals surface area contributed by atoms with Crippen LogP contribution in [0, 0.1) is 0 Å². The van der Waals surface area contributed by atoms with E-state index in [1.54, 1.807) is 0 Å². The third-order valence-corrected chi connectivity index (χ3v) is 8.55. The van der Waals surface area contributed by atoms with Crippen LogP contribution in [0.4, 0.5) is 0 Å². The van der Waals surface area contributed by atoms with E-state index in [-0.39, 0.29) is 0 Å². The summed E-state index contributed by atoms with van der Waals surface area (Å²) in [5.74, 6) is 0. The Morgan fingerprint density at radius 3 is 2.10 bits per heavy atom. The molecule has 6 aromatic carbocycles. The van der Waals surface area contributed by atoms with Crippen molar-refractivity contribution in [2.45, 2.75) is 6.42 Å². The lowest BCUT2D eigenvalue weighted by molar-refractivity contribution is -0.571. The van der Waals surface area contributed by atoms with E-state index in [2.05, 4.69) is 126 Å². The molecule has 3 heterocycles. The van der Waals surface area contributed by atoms with Gasteiger partial charge in [-0.1, -0.05) is 78.9 Å². The molecule has 0 fully saturated rings. The van der Waals surface area contributed by atoms with Gasteiger partial charge in [-0.3, -0.25) is 4.98 Å². The normalized spacial score (nSPS) is 14.1. The van der Waals surface area contributed by atoms with E-state index in [1.165, 1.54) is 76.6 Å². The standard InChI is InChI=1S/C37H23N2/c1-2-11-26-23(9-1)21-25(39-20-6-5-17-33(26)39)22-24-10-7-14-30-31-16-8-15-29-27-12-3-4-13-28(27)32-18-19-38-37(34(24)30)36(32)35(29)31/h1-20,22H,21H2/q+1/b25-22-. The van der Waals surface area contributed by atoms with Crippen LogP contribution in [-0.4, -0.2) is 4.98 Å². The molecule has 9 rings (SSSR count). The van der Waals surface area contributed by atoms with E-state index >= 15 is 0 Å². The molecule has 0 amide bonds. The smallest absolute Gasteiger partial charge is 0.218 e. The Bertz CT molecular complexity index is 2310. The van der Waals surface area contributed by atoms with E-state index in [1.807, 2.05) is 6.20 Å². The third-order valence-electron chi connectivity index (χ3n) is 8.55. The molecule has 0 bridgehead atoms. The van der Waals surface area contributed by atoms with Crippen LogP contribution in [0.2, 0.25) is 0 Å². The number of nitrogens with zero attached hydrogens (tertiary/aromatic N) is 2. The molecule has 2 heteroatoms. The second kappa shape index (κ2) is 7.72. The number of rotatable bonds is 1. The van der Waals surface area contributed by atoms with Gasteiger partial charge in [-0.25, -0.2) is 0 Å². The van der Waals surface area contributed by atoms with Gasteiger partial charge in [0.15, 0.2) is 11.9 Å². The van der Waals surface area contributed by atoms with Gasteiger partial charge in [-0.2, -0.15) is 4.57 Å². The first kappa shape index (κ1) is 20.9. The van der Waals surface area contributed by atoms with Crippen molar-refractivity contribution >= 4 is 65.8 Å². The fourth-order valence-electron chi connectivity index (χ4n) is 6.95. The molecule has 1 aliphatic heterocycles. The molecule has 0 unspecified atom stereocenters. The number of hydrogen-bond acceptors (Lipinski definition) is 1. The highest BCUT2D eigenvalue weighted by molar-refractivity contribution is 6.39. The number of fused-ring (bicyclic) bond motifs is 9. The van der Waals surface area contributed by atoms with Gasteiger partial charge >= 0.3 is 0 Å². The molecule has 0 aliphatic carbocycles. The topological polar surface area (TPSA) is 16.8 Å². The maximum Gasteiger partial charge on any atom is 0.218 e. The summed E-state index contributed by atoms with van der Waals surface area (Å²) >= 11 is 0. The molecule has 180 valence electrons. The molecular weight excluding hydrogens is 472 g/mol. The average Bonchev–Trinajstić information content (AvgIpc) is 3.01. The molecule has 0 atom stereocenters. The van der Waals surface area contributed by atoms with E-state index in [4.69, 9.17) is 4.98 Å². The largest absolute Gasteiger partial charge is 0.256 e. The van der Waals surface area contributed by atoms with Crippen LogP contribution in [0.1, 0.15) is 11.1 Å². The molecule has 39 heavy (non-hydrogen) atoms. The van der Waals surface area contributed by atoms with Crippen LogP contribution in [0.5, 0.6) is 0 Å². The van der Waals surface area contributed by atoms with Crippen molar-refractivity contribution < 1.29 is 4.57 Å². The Morgan fingerprint density at radius 1 is 0.564 bits per heavy atom. The Kier molecular flexibility index (Phi) is 4.14. The summed E-state index contributed by atoms with van der Waals surface area (Å²) < 4.78 is 2.35. The van der Waals surface area contributed by atoms with Crippen molar-refractivity contribution in [2.24, 2.45) is 0 Å². The third kappa shape index (κ3) is 2.81. The highest BCUT2D eigenvalue weighted by Crippen LogP contribution is 2.45. The molecule has 2 nitrogen and oxygen atoms in total. The number of allylic oxidation sites excluding steroid dienone is 1. The van der Waals surface area contributed by atoms with E-state index < -0.39 is 0 Å². The van der Waals surface area contributed by atoms with Crippen molar-refractivity contribution in [1.29, 1.82) is 0 Å². The molecule has 2 aromatic heterocycles. The summed E-state index contributed by atoms with van der Waals surface area (Å²) in [4.78, 5) is 5.07. The van der Waals surface area contributed by atoms with Gasteiger partial charge in [-0.05, 0) is 61.6 Å². The van der Waals surface area contributed by atoms with Crippen LogP contribution in [-0.2, 0) is 6.42 Å². The lowest BCUT2D eigenvalue weighted by Gasteiger charge is -2.18. The lowest BCUT2D eigenvalue weighted by Crippen LogP contribution is -2.38. The quantitative estimate of drug-likeness (QED) is 0.126. The van der Waals surface area contributed by atoms with Crippen molar-refractivity contribution in [2.75, 3.05) is 0 Å². The van der Waals surface area contributed by atoms with Gasteiger partial charge in [-0.15, -0.1) is 0 Å². The van der Waals surface area contributed by atoms with Crippen LogP contribution < -0.4 is 4.57 Å². The minimum Gasteiger partial charge on any atom is -0.256 e. The molecular formula is C37H23N2+. The van der Waals surface area contributed by atoms with Crippen LogP contribution in [0.25, 0.3) is 77.0 Å². The summed E-state index contributed by atoms with van der Waals surface area (Å²) in [5.41, 5.74) is 7.47. The van der Waals surface area contributed by atoms with Crippen molar-refractivity contribution in [3.05, 3.63) is 133 Å². The number of benzene rings is 6. The Morgan fingerprint density at radius 2 is 1.23 bits per heavy atom. The van der Waals surface area contributed by atoms with Crippen molar-refractivity contribution in [1.82, 2.24) is 4.98 Å². The maximum atomic E-state index is 5.07. The van der Waals surface area contributed by atoms with Crippen molar-refractivity contribution in [3.8, 4) is 11.3 Å². The summed E-state index contributed by atoms with van der Waals surface area (Å²) in [7, 11) is 0. The monoisotopic (exact) mass is 495 g/mol. The molecule has 0 N–H and O–H groups in total. The first-order chi connectivity index (χ1) is 19.4. The zero-order valence-corrected chi connectivity index (χ0v) is 21.2. The molecule has 0 saturated carbocycles. The zero-order chi connectivity index (χ0) is 25.5. The van der Waals surface area contributed by atoms with Crippen molar-refractivity contribution in [3.63, 3.8) is 0 Å². The summed E-state index contributed by atoms with van der Waals surface area (Å²) in [6.45, 7) is 0. The predicted molar refractivity (Wildman–Crippen MR) is 163 cm³/mol. The molecule has 0 radical (unpaired) electrons. The highest BCUT2D eigenvalue weighted by atomic mass is 15.0. The fourth-order valence-corrected chi connectivity index (χ4v) is 6.95. The average molecular weight is 496 g/mol. The summed E-state index contributed by atoms with van der Waals surface area (Å²) in [6.07, 6.45) is 7.44. The minimum absolute atomic E-state index is 0.885. The Balaban J connectivity index is 1.43. The van der Waals surface area contributed by atoms with Gasteiger partial charge < -0.3 is 0 Å². The van der Waals surface area contributed by atoms with E-state index in [9.17, 15) is 0 Å². The van der Waals surface area contributed by atoms with Gasteiger partial charge in [0.1, 0.15) is 0 Å². The Labute approximate surface area is 225 Å². The first-order valence-electron chi connectivity index (χ1n) is 13.5.